The molecule has 0 spiro atoms. The zero-order valence-electron chi connectivity index (χ0n) is 19.3. The van der Waals surface area contributed by atoms with Gasteiger partial charge in [-0.3, -0.25) is 19.4 Å². The molecule has 0 radical (unpaired) electrons. The number of anilines is 1. The second kappa shape index (κ2) is 14.6. The van der Waals surface area contributed by atoms with Crippen molar-refractivity contribution in [2.75, 3.05) is 45.2 Å². The Morgan fingerprint density at radius 3 is 2.20 bits per heavy atom. The van der Waals surface area contributed by atoms with Crippen molar-refractivity contribution in [1.82, 2.24) is 15.5 Å². The number of guanidine groups is 1. The van der Waals surface area contributed by atoms with E-state index in [1.54, 1.807) is 11.9 Å². The molecule has 14 heteroatoms. The van der Waals surface area contributed by atoms with E-state index in [9.17, 15) is 14.4 Å². The molecule has 1 fully saturated rings. The van der Waals surface area contributed by atoms with Crippen molar-refractivity contribution in [2.45, 2.75) is 31.7 Å². The number of amides is 3. The smallest absolute Gasteiger partial charge is 0.254 e. The van der Waals surface area contributed by atoms with Crippen molar-refractivity contribution in [3.63, 3.8) is 0 Å². The number of carbonyl (C=O) groups excluding carboxylic acids is 3. The highest BCUT2D eigenvalue weighted by atomic mass is 127. The molecule has 0 aromatic heterocycles. The predicted octanol–water partition coefficient (Wildman–Crippen LogP) is 1.04. The molecule has 1 aromatic carbocycles. The number of nitrogens with one attached hydrogen (secondary N) is 3. The lowest BCUT2D eigenvalue weighted by Gasteiger charge is -2.25. The summed E-state index contributed by atoms with van der Waals surface area (Å²) in [6, 6.07) is -0.745. The molecule has 194 valence electrons. The van der Waals surface area contributed by atoms with Crippen LogP contribution in [0, 0.1) is 10.7 Å². The van der Waals surface area contributed by atoms with Gasteiger partial charge in [0.15, 0.2) is 5.96 Å². The van der Waals surface area contributed by atoms with E-state index in [2.05, 4.69) is 66.1 Å². The van der Waals surface area contributed by atoms with Crippen LogP contribution in [0.15, 0.2) is 4.99 Å². The highest BCUT2D eigenvalue weighted by Crippen LogP contribution is 2.35. The molecule has 8 N–H and O–H groups in total. The molecule has 1 aliphatic rings. The summed E-state index contributed by atoms with van der Waals surface area (Å²) >= 11 is 6.13. The van der Waals surface area contributed by atoms with Gasteiger partial charge in [0.2, 0.25) is 5.91 Å². The number of hydrogen-bond acceptors (Lipinski definition) is 6. The summed E-state index contributed by atoms with van der Waals surface area (Å²) in [5, 5.41) is 17.7. The summed E-state index contributed by atoms with van der Waals surface area (Å²) in [6.07, 6.45) is 2.76. The van der Waals surface area contributed by atoms with Crippen LogP contribution in [-0.4, -0.2) is 79.6 Å². The van der Waals surface area contributed by atoms with Gasteiger partial charge in [0, 0.05) is 36.8 Å². The van der Waals surface area contributed by atoms with Crippen molar-refractivity contribution < 1.29 is 19.5 Å². The molecular weight excluding hydrogens is 795 g/mol. The second-order valence-corrected chi connectivity index (χ2v) is 11.0. The average Bonchev–Trinajstić information content (AvgIpc) is 3.34. The minimum Gasteiger partial charge on any atom is -0.395 e. The molecule has 1 atom stereocenters. The van der Waals surface area contributed by atoms with E-state index in [4.69, 9.17) is 16.6 Å². The number of nitrogens with zero attached hydrogens (tertiary/aromatic N) is 2. The molecule has 1 unspecified atom stereocenters. The summed E-state index contributed by atoms with van der Waals surface area (Å²) < 4.78 is 1.77. The molecule has 0 bridgehead atoms. The maximum absolute atomic E-state index is 13.6. The molecule has 1 saturated heterocycles. The standard InChI is InChI=1S/C21H30I3N7O4/c1-27-17-15(23)12(18(33)28-7-10-32)14(22)13(16(17)24)19(34)30-11(5-4-6-29-21(25)26)20(35)31-8-2-3-9-31/h11,27,32H,2-10H2,1H3,(H,28,33)(H,30,34)(H4,25,26,29). The number of aliphatic hydroxyl groups excluding tert-OH is 1. The maximum atomic E-state index is 13.6. The molecule has 1 aromatic rings. The van der Waals surface area contributed by atoms with Crippen molar-refractivity contribution >= 4 is 97.1 Å². The summed E-state index contributed by atoms with van der Waals surface area (Å²) in [5.41, 5.74) is 12.1. The maximum Gasteiger partial charge on any atom is 0.254 e. The van der Waals surface area contributed by atoms with Gasteiger partial charge in [-0.1, -0.05) is 0 Å². The van der Waals surface area contributed by atoms with E-state index >= 15 is 0 Å². The summed E-state index contributed by atoms with van der Waals surface area (Å²) in [5.74, 6) is -0.990. The van der Waals surface area contributed by atoms with Crippen LogP contribution in [-0.2, 0) is 4.79 Å². The molecule has 35 heavy (non-hydrogen) atoms. The Bertz CT molecular complexity index is 980. The van der Waals surface area contributed by atoms with Crippen LogP contribution in [0.4, 0.5) is 5.69 Å². The van der Waals surface area contributed by atoms with Gasteiger partial charge >= 0.3 is 0 Å². The normalized spacial score (nSPS) is 13.8. The van der Waals surface area contributed by atoms with Gasteiger partial charge in [0.25, 0.3) is 11.8 Å². The highest BCUT2D eigenvalue weighted by Gasteiger charge is 2.31. The molecule has 11 nitrogen and oxygen atoms in total. The number of likely N-dealkylation sites (tertiary alicyclic amines) is 1. The predicted molar refractivity (Wildman–Crippen MR) is 161 cm³/mol. The molecule has 2 rings (SSSR count). The van der Waals surface area contributed by atoms with E-state index in [1.807, 2.05) is 22.6 Å². The Labute approximate surface area is 245 Å². The Hall–Kier alpha value is -1.15. The van der Waals surface area contributed by atoms with Crippen LogP contribution in [0.5, 0.6) is 0 Å². The minimum absolute atomic E-state index is 0.0222. The lowest BCUT2D eigenvalue weighted by atomic mass is 10.1. The Kier molecular flexibility index (Phi) is 12.5. The lowest BCUT2D eigenvalue weighted by Crippen LogP contribution is -2.48. The van der Waals surface area contributed by atoms with Crippen molar-refractivity contribution in [1.29, 1.82) is 0 Å². The fraction of sp³-hybridized carbons (Fsp3) is 0.524. The van der Waals surface area contributed by atoms with Crippen LogP contribution >= 0.6 is 67.8 Å². The van der Waals surface area contributed by atoms with Gasteiger partial charge < -0.3 is 37.4 Å². The topological polar surface area (TPSA) is 175 Å². The zero-order chi connectivity index (χ0) is 26.1. The van der Waals surface area contributed by atoms with E-state index < -0.39 is 17.9 Å². The highest BCUT2D eigenvalue weighted by molar-refractivity contribution is 14.1. The molecule has 1 aliphatic heterocycles. The van der Waals surface area contributed by atoms with Gasteiger partial charge in [-0.2, -0.15) is 0 Å². The lowest BCUT2D eigenvalue weighted by molar-refractivity contribution is -0.132. The number of benzene rings is 1. The van der Waals surface area contributed by atoms with E-state index in [1.165, 1.54) is 0 Å². The van der Waals surface area contributed by atoms with Crippen LogP contribution < -0.4 is 27.4 Å². The third kappa shape index (κ3) is 7.91. The van der Waals surface area contributed by atoms with Gasteiger partial charge in [0.1, 0.15) is 6.04 Å². The van der Waals surface area contributed by atoms with Gasteiger partial charge in [-0.15, -0.1) is 0 Å². The monoisotopic (exact) mass is 825 g/mol. The number of carbonyl (C=O) groups is 3. The SMILES string of the molecule is CNc1c(I)c(C(=O)NCCO)c(I)c(C(=O)NC(CCCN=C(N)N)C(=O)N2CCCC2)c1I. The molecule has 1 heterocycles. The molecular formula is C21H30I3N7O4. The molecule has 0 aliphatic carbocycles. The third-order valence-corrected chi connectivity index (χ3v) is 8.62. The fourth-order valence-electron chi connectivity index (χ4n) is 3.69. The first-order valence-electron chi connectivity index (χ1n) is 11.1. The second-order valence-electron chi connectivity index (χ2n) is 7.80. The first-order valence-corrected chi connectivity index (χ1v) is 14.3. The van der Waals surface area contributed by atoms with E-state index in [-0.39, 0.29) is 25.0 Å². The van der Waals surface area contributed by atoms with Crippen LogP contribution in [0.25, 0.3) is 0 Å². The minimum atomic E-state index is -0.745. The molecule has 0 saturated carbocycles. The third-order valence-electron chi connectivity index (χ3n) is 5.38. The zero-order valence-corrected chi connectivity index (χ0v) is 25.8. The Balaban J connectivity index is 2.40. The Morgan fingerprint density at radius 1 is 1.06 bits per heavy atom. The van der Waals surface area contributed by atoms with Gasteiger partial charge in [0.05, 0.1) is 30.6 Å². The first kappa shape index (κ1) is 30.1. The summed E-state index contributed by atoms with van der Waals surface area (Å²) in [4.78, 5) is 45.3. The van der Waals surface area contributed by atoms with Crippen LogP contribution in [0.2, 0.25) is 0 Å². The van der Waals surface area contributed by atoms with Crippen LogP contribution in [0.1, 0.15) is 46.4 Å². The van der Waals surface area contributed by atoms with Crippen molar-refractivity contribution in [3.05, 3.63) is 21.8 Å². The van der Waals surface area contributed by atoms with Gasteiger partial charge in [-0.05, 0) is 93.5 Å². The summed E-state index contributed by atoms with van der Waals surface area (Å²) in [7, 11) is 1.72. The number of aliphatic hydroxyl groups is 1. The summed E-state index contributed by atoms with van der Waals surface area (Å²) in [6.45, 7) is 1.57. The number of halogens is 3. The molecule has 3 amide bonds. The quantitative estimate of drug-likeness (QED) is 0.0838. The van der Waals surface area contributed by atoms with Crippen molar-refractivity contribution in [3.8, 4) is 0 Å². The number of rotatable bonds is 11. The van der Waals surface area contributed by atoms with E-state index in [0.29, 0.717) is 60.0 Å². The van der Waals surface area contributed by atoms with Gasteiger partial charge in [-0.25, -0.2) is 0 Å². The number of aliphatic imine (C=N–C) groups is 1. The van der Waals surface area contributed by atoms with Crippen LogP contribution in [0.3, 0.4) is 0 Å². The number of nitrogens with two attached hydrogens (primary N) is 2. The van der Waals surface area contributed by atoms with Crippen molar-refractivity contribution in [2.24, 2.45) is 16.5 Å². The Morgan fingerprint density at radius 2 is 1.66 bits per heavy atom. The fourth-order valence-corrected chi connectivity index (χ4v) is 8.37. The first-order chi connectivity index (χ1) is 16.6. The van der Waals surface area contributed by atoms with E-state index in [0.717, 1.165) is 12.8 Å². The number of hydrogen-bond donors (Lipinski definition) is 6. The largest absolute Gasteiger partial charge is 0.395 e. The average molecular weight is 825 g/mol.